The van der Waals surface area contributed by atoms with E-state index in [-0.39, 0.29) is 11.6 Å². The Morgan fingerprint density at radius 3 is 2.21 bits per heavy atom. The van der Waals surface area contributed by atoms with Crippen LogP contribution in [0.5, 0.6) is 0 Å². The lowest BCUT2D eigenvalue weighted by atomic mass is 10.0. The molecule has 0 atom stereocenters. The zero-order valence-electron chi connectivity index (χ0n) is 16.5. The van der Waals surface area contributed by atoms with Crippen LogP contribution in [0.25, 0.3) is 0 Å². The molecule has 148 valence electrons. The summed E-state index contributed by atoms with van der Waals surface area (Å²) in [6, 6.07) is 15.9. The number of rotatable bonds is 6. The number of nitrogens with one attached hydrogen (secondary N) is 2. The predicted molar refractivity (Wildman–Crippen MR) is 112 cm³/mol. The number of amides is 1. The fourth-order valence-electron chi connectivity index (χ4n) is 2.63. The maximum absolute atomic E-state index is 12.5. The van der Waals surface area contributed by atoms with Gasteiger partial charge < -0.3 is 15.4 Å². The molecule has 0 unspecified atom stereocenters. The SMILES string of the molecule is COC(=O)c1ccc(NC(=O)c2ccnc(Nc3ccc(C(C)C)cc3)n2)cc1. The Hall–Kier alpha value is -3.74. The van der Waals surface area contributed by atoms with Gasteiger partial charge in [-0.2, -0.15) is 0 Å². The zero-order chi connectivity index (χ0) is 20.8. The molecule has 0 saturated heterocycles. The van der Waals surface area contributed by atoms with Crippen molar-refractivity contribution in [2.24, 2.45) is 0 Å². The van der Waals surface area contributed by atoms with Crippen molar-refractivity contribution >= 4 is 29.2 Å². The fourth-order valence-corrected chi connectivity index (χ4v) is 2.63. The Morgan fingerprint density at radius 1 is 0.931 bits per heavy atom. The van der Waals surface area contributed by atoms with Crippen LogP contribution in [0.3, 0.4) is 0 Å². The van der Waals surface area contributed by atoms with E-state index in [0.29, 0.717) is 23.1 Å². The van der Waals surface area contributed by atoms with Gasteiger partial charge in [-0.1, -0.05) is 26.0 Å². The predicted octanol–water partition coefficient (Wildman–Crippen LogP) is 4.38. The summed E-state index contributed by atoms with van der Waals surface area (Å²) in [5.41, 5.74) is 3.24. The molecule has 0 fully saturated rings. The highest BCUT2D eigenvalue weighted by Gasteiger charge is 2.11. The molecule has 0 bridgehead atoms. The third kappa shape index (κ3) is 5.16. The number of esters is 1. The van der Waals surface area contributed by atoms with Crippen molar-refractivity contribution in [3.05, 3.63) is 77.6 Å². The number of nitrogens with zero attached hydrogens (tertiary/aromatic N) is 2. The monoisotopic (exact) mass is 390 g/mol. The largest absolute Gasteiger partial charge is 0.465 e. The van der Waals surface area contributed by atoms with E-state index < -0.39 is 5.97 Å². The van der Waals surface area contributed by atoms with Crippen LogP contribution >= 0.6 is 0 Å². The van der Waals surface area contributed by atoms with Gasteiger partial charge in [-0.25, -0.2) is 14.8 Å². The van der Waals surface area contributed by atoms with Gasteiger partial charge >= 0.3 is 5.97 Å². The molecule has 1 aromatic heterocycles. The second-order valence-corrected chi connectivity index (χ2v) is 6.69. The number of hydrogen-bond acceptors (Lipinski definition) is 6. The van der Waals surface area contributed by atoms with Crippen molar-refractivity contribution in [1.29, 1.82) is 0 Å². The summed E-state index contributed by atoms with van der Waals surface area (Å²) in [5.74, 6) is -0.0303. The number of aromatic nitrogens is 2. The number of anilines is 3. The molecule has 0 aliphatic carbocycles. The number of ether oxygens (including phenoxy) is 1. The van der Waals surface area contributed by atoms with Crippen LogP contribution in [0.15, 0.2) is 60.8 Å². The van der Waals surface area contributed by atoms with Crippen molar-refractivity contribution < 1.29 is 14.3 Å². The van der Waals surface area contributed by atoms with Gasteiger partial charge in [0.1, 0.15) is 5.69 Å². The van der Waals surface area contributed by atoms with Gasteiger partial charge in [0.2, 0.25) is 5.95 Å². The van der Waals surface area contributed by atoms with Gasteiger partial charge in [0, 0.05) is 17.6 Å². The molecule has 3 rings (SSSR count). The van der Waals surface area contributed by atoms with Crippen LogP contribution in [0.2, 0.25) is 0 Å². The smallest absolute Gasteiger partial charge is 0.337 e. The Morgan fingerprint density at radius 2 is 1.59 bits per heavy atom. The first-order valence-electron chi connectivity index (χ1n) is 9.16. The summed E-state index contributed by atoms with van der Waals surface area (Å²) in [6.45, 7) is 4.27. The summed E-state index contributed by atoms with van der Waals surface area (Å²) in [6.07, 6.45) is 1.52. The average molecular weight is 390 g/mol. The molecule has 2 N–H and O–H groups in total. The van der Waals surface area contributed by atoms with Crippen LogP contribution in [0.4, 0.5) is 17.3 Å². The van der Waals surface area contributed by atoms with E-state index in [1.165, 1.54) is 24.9 Å². The number of benzene rings is 2. The molecule has 1 amide bonds. The number of methoxy groups -OCH3 is 1. The summed E-state index contributed by atoms with van der Waals surface area (Å²) in [5, 5.41) is 5.85. The van der Waals surface area contributed by atoms with E-state index in [1.54, 1.807) is 24.3 Å². The van der Waals surface area contributed by atoms with E-state index in [4.69, 9.17) is 0 Å². The molecule has 3 aromatic rings. The van der Waals surface area contributed by atoms with Gasteiger partial charge in [-0.3, -0.25) is 4.79 Å². The second-order valence-electron chi connectivity index (χ2n) is 6.69. The normalized spacial score (nSPS) is 10.5. The van der Waals surface area contributed by atoms with E-state index in [9.17, 15) is 9.59 Å². The fraction of sp³-hybridized carbons (Fsp3) is 0.182. The minimum atomic E-state index is -0.434. The van der Waals surface area contributed by atoms with Crippen molar-refractivity contribution in [2.45, 2.75) is 19.8 Å². The molecular formula is C22H22N4O3. The lowest BCUT2D eigenvalue weighted by Crippen LogP contribution is -2.15. The minimum absolute atomic E-state index is 0.221. The van der Waals surface area contributed by atoms with Crippen molar-refractivity contribution in [1.82, 2.24) is 9.97 Å². The topological polar surface area (TPSA) is 93.2 Å². The van der Waals surface area contributed by atoms with Crippen LogP contribution in [-0.4, -0.2) is 29.0 Å². The molecule has 0 spiro atoms. The van der Waals surface area contributed by atoms with Crippen LogP contribution in [0.1, 0.15) is 46.2 Å². The van der Waals surface area contributed by atoms with E-state index in [2.05, 4.69) is 39.2 Å². The van der Waals surface area contributed by atoms with Crippen molar-refractivity contribution in [3.63, 3.8) is 0 Å². The van der Waals surface area contributed by atoms with Gasteiger partial charge in [0.05, 0.1) is 12.7 Å². The van der Waals surface area contributed by atoms with Crippen LogP contribution < -0.4 is 10.6 Å². The maximum Gasteiger partial charge on any atom is 0.337 e. The summed E-state index contributed by atoms with van der Waals surface area (Å²) in [4.78, 5) is 32.4. The van der Waals surface area contributed by atoms with E-state index in [1.807, 2.05) is 24.3 Å². The number of carbonyl (C=O) groups is 2. The molecule has 0 radical (unpaired) electrons. The Balaban J connectivity index is 1.68. The highest BCUT2D eigenvalue weighted by Crippen LogP contribution is 2.19. The maximum atomic E-state index is 12.5. The number of hydrogen-bond donors (Lipinski definition) is 2. The third-order valence-corrected chi connectivity index (χ3v) is 4.29. The van der Waals surface area contributed by atoms with Crippen LogP contribution in [-0.2, 0) is 4.74 Å². The Labute approximate surface area is 169 Å². The summed E-state index contributed by atoms with van der Waals surface area (Å²) < 4.78 is 4.66. The summed E-state index contributed by atoms with van der Waals surface area (Å²) in [7, 11) is 1.32. The molecule has 2 aromatic carbocycles. The van der Waals surface area contributed by atoms with Gasteiger partial charge in [0.25, 0.3) is 5.91 Å². The lowest BCUT2D eigenvalue weighted by Gasteiger charge is -2.09. The molecule has 7 heteroatoms. The van der Waals surface area contributed by atoms with Gasteiger partial charge in [-0.05, 0) is 53.9 Å². The molecule has 1 heterocycles. The summed E-state index contributed by atoms with van der Waals surface area (Å²) >= 11 is 0. The Kier molecular flexibility index (Phi) is 6.19. The average Bonchev–Trinajstić information content (AvgIpc) is 2.74. The van der Waals surface area contributed by atoms with Gasteiger partial charge in [0.15, 0.2) is 0 Å². The standard InChI is InChI=1S/C22H22N4O3/c1-14(2)15-4-8-18(9-5-15)25-22-23-13-12-19(26-22)20(27)24-17-10-6-16(7-11-17)21(28)29-3/h4-14H,1-3H3,(H,24,27)(H,23,25,26). The van der Waals surface area contributed by atoms with Crippen molar-refractivity contribution in [2.75, 3.05) is 17.7 Å². The zero-order valence-corrected chi connectivity index (χ0v) is 16.5. The van der Waals surface area contributed by atoms with E-state index in [0.717, 1.165) is 5.69 Å². The lowest BCUT2D eigenvalue weighted by molar-refractivity contribution is 0.0600. The molecule has 0 saturated carbocycles. The first kappa shape index (κ1) is 20.0. The van der Waals surface area contributed by atoms with Crippen LogP contribution in [0, 0.1) is 0 Å². The van der Waals surface area contributed by atoms with Crippen molar-refractivity contribution in [3.8, 4) is 0 Å². The highest BCUT2D eigenvalue weighted by molar-refractivity contribution is 6.03. The molecule has 0 aliphatic heterocycles. The van der Waals surface area contributed by atoms with E-state index >= 15 is 0 Å². The minimum Gasteiger partial charge on any atom is -0.465 e. The Bertz CT molecular complexity index is 999. The highest BCUT2D eigenvalue weighted by atomic mass is 16.5. The molecule has 29 heavy (non-hydrogen) atoms. The second kappa shape index (κ2) is 8.97. The first-order chi connectivity index (χ1) is 14.0. The molecular weight excluding hydrogens is 368 g/mol. The first-order valence-corrected chi connectivity index (χ1v) is 9.16. The molecule has 7 nitrogen and oxygen atoms in total. The number of carbonyl (C=O) groups excluding carboxylic acids is 2. The quantitative estimate of drug-likeness (QED) is 0.607. The van der Waals surface area contributed by atoms with Gasteiger partial charge in [-0.15, -0.1) is 0 Å². The molecule has 0 aliphatic rings. The third-order valence-electron chi connectivity index (χ3n) is 4.29.